The zero-order chi connectivity index (χ0) is 12.4. The molecule has 2 rings (SSSR count). The Morgan fingerprint density at radius 2 is 2.29 bits per heavy atom. The molecule has 1 aromatic rings. The summed E-state index contributed by atoms with van der Waals surface area (Å²) >= 11 is 0. The number of anilines is 1. The van der Waals surface area contributed by atoms with E-state index in [2.05, 4.69) is 10.6 Å². The number of phenols is 1. The second-order valence-electron chi connectivity index (χ2n) is 4.15. The average molecular weight is 234 g/mol. The van der Waals surface area contributed by atoms with E-state index in [0.29, 0.717) is 24.1 Å². The summed E-state index contributed by atoms with van der Waals surface area (Å²) in [6.07, 6.45) is 0.925. The van der Waals surface area contributed by atoms with Crippen LogP contribution in [0.25, 0.3) is 0 Å². The van der Waals surface area contributed by atoms with Crippen LogP contribution in [0.4, 0.5) is 5.69 Å². The summed E-state index contributed by atoms with van der Waals surface area (Å²) in [5.74, 6) is -0.120. The number of nitrogens with one attached hydrogen (secondary N) is 2. The SMILES string of the molecule is Cc1cc(NC(=O)C2CCC(=O)N2)ccc1O. The lowest BCUT2D eigenvalue weighted by Crippen LogP contribution is -2.37. The maximum absolute atomic E-state index is 11.8. The van der Waals surface area contributed by atoms with Crippen LogP contribution in [0, 0.1) is 6.92 Å². The Labute approximate surface area is 98.8 Å². The molecular weight excluding hydrogens is 220 g/mol. The minimum Gasteiger partial charge on any atom is -0.508 e. The Morgan fingerprint density at radius 3 is 2.88 bits per heavy atom. The second kappa shape index (κ2) is 4.45. The van der Waals surface area contributed by atoms with E-state index in [9.17, 15) is 14.7 Å². The molecule has 3 N–H and O–H groups in total. The number of rotatable bonds is 2. The Hall–Kier alpha value is -2.04. The molecule has 90 valence electrons. The van der Waals surface area contributed by atoms with Crippen LogP contribution in [0.1, 0.15) is 18.4 Å². The molecule has 5 nitrogen and oxygen atoms in total. The summed E-state index contributed by atoms with van der Waals surface area (Å²) in [7, 11) is 0. The smallest absolute Gasteiger partial charge is 0.246 e. The van der Waals surface area contributed by atoms with Gasteiger partial charge >= 0.3 is 0 Å². The van der Waals surface area contributed by atoms with Gasteiger partial charge in [-0.3, -0.25) is 9.59 Å². The maximum atomic E-state index is 11.8. The van der Waals surface area contributed by atoms with Crippen LogP contribution in [0.5, 0.6) is 5.75 Å². The largest absolute Gasteiger partial charge is 0.508 e. The monoisotopic (exact) mass is 234 g/mol. The van der Waals surface area contributed by atoms with Gasteiger partial charge in [0.25, 0.3) is 0 Å². The van der Waals surface area contributed by atoms with Crippen molar-refractivity contribution in [1.82, 2.24) is 5.32 Å². The number of benzene rings is 1. The van der Waals surface area contributed by atoms with Gasteiger partial charge < -0.3 is 15.7 Å². The number of aryl methyl sites for hydroxylation is 1. The van der Waals surface area contributed by atoms with Crippen molar-refractivity contribution in [3.63, 3.8) is 0 Å². The Morgan fingerprint density at radius 1 is 1.53 bits per heavy atom. The number of hydrogen-bond donors (Lipinski definition) is 3. The lowest BCUT2D eigenvalue weighted by molar-refractivity contribution is -0.122. The highest BCUT2D eigenvalue weighted by Gasteiger charge is 2.27. The van der Waals surface area contributed by atoms with E-state index in [4.69, 9.17) is 0 Å². The number of carbonyl (C=O) groups excluding carboxylic acids is 2. The molecule has 1 fully saturated rings. The summed E-state index contributed by atoms with van der Waals surface area (Å²) in [5, 5.41) is 14.7. The van der Waals surface area contributed by atoms with Crippen molar-refractivity contribution in [2.45, 2.75) is 25.8 Å². The third kappa shape index (κ3) is 2.55. The predicted octanol–water partition coefficient (Wildman–Crippen LogP) is 0.918. The quantitative estimate of drug-likeness (QED) is 0.666. The zero-order valence-corrected chi connectivity index (χ0v) is 9.49. The third-order valence-electron chi connectivity index (χ3n) is 2.78. The lowest BCUT2D eigenvalue weighted by atomic mass is 10.2. The van der Waals surface area contributed by atoms with E-state index in [1.54, 1.807) is 19.1 Å². The van der Waals surface area contributed by atoms with Crippen molar-refractivity contribution in [2.24, 2.45) is 0 Å². The van der Waals surface area contributed by atoms with Crippen LogP contribution in [0.15, 0.2) is 18.2 Å². The van der Waals surface area contributed by atoms with Gasteiger partial charge in [0.1, 0.15) is 11.8 Å². The van der Waals surface area contributed by atoms with Gasteiger partial charge in [0.05, 0.1) is 0 Å². The molecule has 1 aromatic carbocycles. The van der Waals surface area contributed by atoms with E-state index in [0.717, 1.165) is 0 Å². The van der Waals surface area contributed by atoms with Gasteiger partial charge in [-0.25, -0.2) is 0 Å². The highest BCUT2D eigenvalue weighted by molar-refractivity contribution is 5.99. The van der Waals surface area contributed by atoms with E-state index in [1.807, 2.05) is 0 Å². The Balaban J connectivity index is 2.03. The van der Waals surface area contributed by atoms with Crippen LogP contribution in [-0.2, 0) is 9.59 Å². The van der Waals surface area contributed by atoms with Crippen molar-refractivity contribution in [3.05, 3.63) is 23.8 Å². The van der Waals surface area contributed by atoms with Crippen molar-refractivity contribution >= 4 is 17.5 Å². The molecule has 0 saturated carbocycles. The second-order valence-corrected chi connectivity index (χ2v) is 4.15. The van der Waals surface area contributed by atoms with E-state index >= 15 is 0 Å². The molecule has 2 amide bonds. The maximum Gasteiger partial charge on any atom is 0.246 e. The molecule has 0 aliphatic carbocycles. The molecule has 1 saturated heterocycles. The first-order valence-electron chi connectivity index (χ1n) is 5.46. The molecule has 1 unspecified atom stereocenters. The summed E-state index contributed by atoms with van der Waals surface area (Å²) in [5.41, 5.74) is 1.31. The Kier molecular flexibility index (Phi) is 2.99. The van der Waals surface area contributed by atoms with E-state index in [1.165, 1.54) is 6.07 Å². The fourth-order valence-corrected chi connectivity index (χ4v) is 1.77. The highest BCUT2D eigenvalue weighted by atomic mass is 16.3. The minimum absolute atomic E-state index is 0.0907. The van der Waals surface area contributed by atoms with Crippen LogP contribution in [-0.4, -0.2) is 23.0 Å². The van der Waals surface area contributed by atoms with Crippen molar-refractivity contribution in [1.29, 1.82) is 0 Å². The van der Waals surface area contributed by atoms with Gasteiger partial charge in [0.2, 0.25) is 11.8 Å². The predicted molar refractivity (Wildman–Crippen MR) is 62.6 cm³/mol. The number of hydrogen-bond acceptors (Lipinski definition) is 3. The lowest BCUT2D eigenvalue weighted by Gasteiger charge is -2.11. The summed E-state index contributed by atoms with van der Waals surface area (Å²) < 4.78 is 0. The van der Waals surface area contributed by atoms with Gasteiger partial charge in [0.15, 0.2) is 0 Å². The molecule has 1 atom stereocenters. The van der Waals surface area contributed by atoms with Crippen LogP contribution >= 0.6 is 0 Å². The fourth-order valence-electron chi connectivity index (χ4n) is 1.77. The first-order chi connectivity index (χ1) is 8.06. The minimum atomic E-state index is -0.448. The molecule has 0 bridgehead atoms. The third-order valence-corrected chi connectivity index (χ3v) is 2.78. The fraction of sp³-hybridized carbons (Fsp3) is 0.333. The van der Waals surface area contributed by atoms with Crippen molar-refractivity contribution in [3.8, 4) is 5.75 Å². The van der Waals surface area contributed by atoms with Gasteiger partial charge in [-0.15, -0.1) is 0 Å². The van der Waals surface area contributed by atoms with Gasteiger partial charge in [-0.2, -0.15) is 0 Å². The summed E-state index contributed by atoms with van der Waals surface area (Å²) in [4.78, 5) is 22.8. The molecule has 1 aliphatic heterocycles. The molecular formula is C12H14N2O3. The van der Waals surface area contributed by atoms with E-state index < -0.39 is 6.04 Å². The molecule has 0 spiro atoms. The topological polar surface area (TPSA) is 78.4 Å². The molecule has 1 heterocycles. The molecule has 0 radical (unpaired) electrons. The van der Waals surface area contributed by atoms with Crippen LogP contribution in [0.2, 0.25) is 0 Å². The number of phenolic OH excluding ortho intramolecular Hbond substituents is 1. The van der Waals surface area contributed by atoms with Crippen LogP contribution in [0.3, 0.4) is 0 Å². The Bertz CT molecular complexity index is 471. The molecule has 0 aromatic heterocycles. The summed E-state index contributed by atoms with van der Waals surface area (Å²) in [6, 6.07) is 4.38. The van der Waals surface area contributed by atoms with Gasteiger partial charge in [-0.05, 0) is 37.1 Å². The number of aromatic hydroxyl groups is 1. The summed E-state index contributed by atoms with van der Waals surface area (Å²) in [6.45, 7) is 1.75. The molecule has 17 heavy (non-hydrogen) atoms. The molecule has 5 heteroatoms. The first-order valence-corrected chi connectivity index (χ1v) is 5.46. The first kappa shape index (κ1) is 11.4. The molecule has 1 aliphatic rings. The van der Waals surface area contributed by atoms with Gasteiger partial charge in [-0.1, -0.05) is 0 Å². The normalized spacial score (nSPS) is 18.9. The van der Waals surface area contributed by atoms with E-state index in [-0.39, 0.29) is 17.6 Å². The average Bonchev–Trinajstić information content (AvgIpc) is 2.70. The zero-order valence-electron chi connectivity index (χ0n) is 9.49. The van der Waals surface area contributed by atoms with Crippen molar-refractivity contribution in [2.75, 3.05) is 5.32 Å². The van der Waals surface area contributed by atoms with Crippen molar-refractivity contribution < 1.29 is 14.7 Å². The van der Waals surface area contributed by atoms with Gasteiger partial charge in [0, 0.05) is 12.1 Å². The highest BCUT2D eigenvalue weighted by Crippen LogP contribution is 2.20. The standard InChI is InChI=1S/C12H14N2O3/c1-7-6-8(2-4-10(7)15)13-12(17)9-3-5-11(16)14-9/h2,4,6,9,15H,3,5H2,1H3,(H,13,17)(H,14,16). The number of amides is 2. The van der Waals surface area contributed by atoms with Crippen LogP contribution < -0.4 is 10.6 Å². The number of carbonyl (C=O) groups is 2.